The molecule has 0 bridgehead atoms. The van der Waals surface area contributed by atoms with Crippen LogP contribution in [0.2, 0.25) is 5.02 Å². The van der Waals surface area contributed by atoms with Gasteiger partial charge in [0.2, 0.25) is 0 Å². The predicted molar refractivity (Wildman–Crippen MR) is 125 cm³/mol. The molecule has 3 aromatic rings. The maximum Gasteiger partial charge on any atom is 0.431 e. The van der Waals surface area contributed by atoms with Crippen molar-refractivity contribution in [2.24, 2.45) is 0 Å². The lowest BCUT2D eigenvalue weighted by Gasteiger charge is -2.28. The van der Waals surface area contributed by atoms with E-state index in [4.69, 9.17) is 11.6 Å². The zero-order chi connectivity index (χ0) is 25.5. The van der Waals surface area contributed by atoms with Crippen LogP contribution in [-0.4, -0.2) is 48.4 Å². The lowest BCUT2D eigenvalue weighted by atomic mass is 9.99. The molecule has 11 heteroatoms. The molecule has 0 N–H and O–H groups in total. The summed E-state index contributed by atoms with van der Waals surface area (Å²) in [4.78, 5) is 14.9. The minimum Gasteiger partial charge on any atom is -0.335 e. The number of hydrogen-bond donors (Lipinski definition) is 0. The fourth-order valence-corrected chi connectivity index (χ4v) is 5.70. The molecule has 4 rings (SSSR count). The van der Waals surface area contributed by atoms with Gasteiger partial charge in [0.15, 0.2) is 9.84 Å². The van der Waals surface area contributed by atoms with Gasteiger partial charge < -0.3 is 9.47 Å². The number of amides is 1. The smallest absolute Gasteiger partial charge is 0.335 e. The molecule has 0 atom stereocenters. The number of halogens is 5. The highest BCUT2D eigenvalue weighted by molar-refractivity contribution is 7.91. The summed E-state index contributed by atoms with van der Waals surface area (Å²) < 4.78 is 82.6. The van der Waals surface area contributed by atoms with Crippen molar-refractivity contribution in [2.75, 3.05) is 24.6 Å². The molecule has 1 amide bonds. The monoisotopic (exact) mass is 528 g/mol. The standard InChI is InChI=1S/C24H21ClF4N2O3S/c1-15-20(18-8-7-17(25)13-19(18)26)21(23(32)30-9-11-35(33,34)12-10-30)31(22(15)24(27,28)29)14-16-5-3-2-4-6-16/h2-8,13H,9-12,14H2,1H3. The van der Waals surface area contributed by atoms with Crippen molar-refractivity contribution in [3.05, 3.63) is 81.9 Å². The van der Waals surface area contributed by atoms with Gasteiger partial charge in [0.05, 0.1) is 11.5 Å². The normalized spacial score (nSPS) is 15.9. The minimum atomic E-state index is -4.85. The highest BCUT2D eigenvalue weighted by Crippen LogP contribution is 2.42. The molecule has 1 aromatic heterocycles. The van der Waals surface area contributed by atoms with Crippen molar-refractivity contribution in [1.82, 2.24) is 9.47 Å². The Balaban J connectivity index is 1.98. The van der Waals surface area contributed by atoms with Crippen molar-refractivity contribution < 1.29 is 30.8 Å². The largest absolute Gasteiger partial charge is 0.431 e. The van der Waals surface area contributed by atoms with Gasteiger partial charge >= 0.3 is 6.18 Å². The highest BCUT2D eigenvalue weighted by atomic mass is 35.5. The first-order valence-corrected chi connectivity index (χ1v) is 12.9. The van der Waals surface area contributed by atoms with E-state index in [1.807, 2.05) is 0 Å². The summed E-state index contributed by atoms with van der Waals surface area (Å²) in [6.45, 7) is 0.575. The Kier molecular flexibility index (Phi) is 6.72. The summed E-state index contributed by atoms with van der Waals surface area (Å²) in [7, 11) is -3.35. The van der Waals surface area contributed by atoms with Gasteiger partial charge in [-0.2, -0.15) is 13.2 Å². The van der Waals surface area contributed by atoms with Crippen LogP contribution in [0.25, 0.3) is 11.1 Å². The van der Waals surface area contributed by atoms with Gasteiger partial charge in [0.1, 0.15) is 17.2 Å². The predicted octanol–water partition coefficient (Wildman–Crippen LogP) is 5.19. The summed E-state index contributed by atoms with van der Waals surface area (Å²) in [5.74, 6) is -2.26. The van der Waals surface area contributed by atoms with E-state index in [0.717, 1.165) is 10.6 Å². The van der Waals surface area contributed by atoms with Crippen molar-refractivity contribution in [3.8, 4) is 11.1 Å². The van der Waals surface area contributed by atoms with Gasteiger partial charge in [-0.25, -0.2) is 12.8 Å². The van der Waals surface area contributed by atoms with Crippen LogP contribution in [-0.2, 0) is 22.6 Å². The Hall–Kier alpha value is -2.85. The molecule has 0 spiro atoms. The average Bonchev–Trinajstić information content (AvgIpc) is 3.05. The van der Waals surface area contributed by atoms with Crippen LogP contribution >= 0.6 is 11.6 Å². The third kappa shape index (κ3) is 5.08. The summed E-state index contributed by atoms with van der Waals surface area (Å²) in [6, 6.07) is 11.8. The second kappa shape index (κ2) is 9.31. The Bertz CT molecular complexity index is 1370. The van der Waals surface area contributed by atoms with E-state index in [1.165, 1.54) is 24.0 Å². The summed E-state index contributed by atoms with van der Waals surface area (Å²) in [6.07, 6.45) is -4.85. The third-order valence-electron chi connectivity index (χ3n) is 5.99. The number of carbonyl (C=O) groups excluding carboxylic acids is 1. The number of hydrogen-bond acceptors (Lipinski definition) is 3. The van der Waals surface area contributed by atoms with Gasteiger partial charge in [-0.3, -0.25) is 4.79 Å². The molecule has 1 saturated heterocycles. The first kappa shape index (κ1) is 25.2. The Morgan fingerprint density at radius 2 is 1.69 bits per heavy atom. The number of aromatic nitrogens is 1. The van der Waals surface area contributed by atoms with Crippen LogP contribution in [0.1, 0.15) is 27.3 Å². The van der Waals surface area contributed by atoms with Crippen molar-refractivity contribution in [3.63, 3.8) is 0 Å². The van der Waals surface area contributed by atoms with E-state index >= 15 is 0 Å². The Labute approximate surface area is 204 Å². The molecule has 1 fully saturated rings. The lowest BCUT2D eigenvalue weighted by Crippen LogP contribution is -2.44. The zero-order valence-corrected chi connectivity index (χ0v) is 20.1. The maximum atomic E-state index is 15.0. The van der Waals surface area contributed by atoms with Crippen molar-refractivity contribution in [2.45, 2.75) is 19.6 Å². The first-order valence-electron chi connectivity index (χ1n) is 10.7. The molecule has 0 saturated carbocycles. The van der Waals surface area contributed by atoms with E-state index in [1.54, 1.807) is 30.3 Å². The molecular formula is C24H21ClF4N2O3S. The molecule has 0 unspecified atom stereocenters. The maximum absolute atomic E-state index is 15.0. The average molecular weight is 529 g/mol. The van der Waals surface area contributed by atoms with Gasteiger partial charge in [-0.15, -0.1) is 0 Å². The number of nitrogens with zero attached hydrogens (tertiary/aromatic N) is 2. The molecule has 0 radical (unpaired) electrons. The number of sulfone groups is 1. The van der Waals surface area contributed by atoms with E-state index < -0.39 is 33.4 Å². The second-order valence-electron chi connectivity index (χ2n) is 8.33. The molecule has 1 aliphatic rings. The Morgan fingerprint density at radius 1 is 1.06 bits per heavy atom. The van der Waals surface area contributed by atoms with E-state index in [-0.39, 0.29) is 58.5 Å². The van der Waals surface area contributed by atoms with E-state index in [2.05, 4.69) is 0 Å². The van der Waals surface area contributed by atoms with Gasteiger partial charge in [0.25, 0.3) is 5.91 Å². The number of carbonyl (C=O) groups is 1. The first-order chi connectivity index (χ1) is 16.4. The summed E-state index contributed by atoms with van der Waals surface area (Å²) >= 11 is 5.85. The zero-order valence-electron chi connectivity index (χ0n) is 18.6. The van der Waals surface area contributed by atoms with Crippen LogP contribution < -0.4 is 0 Å². The number of alkyl halides is 3. The molecular weight excluding hydrogens is 508 g/mol. The van der Waals surface area contributed by atoms with Crippen LogP contribution in [0, 0.1) is 12.7 Å². The van der Waals surface area contributed by atoms with Crippen LogP contribution in [0.3, 0.4) is 0 Å². The molecule has 0 aliphatic carbocycles. The molecule has 2 aromatic carbocycles. The van der Waals surface area contributed by atoms with Crippen molar-refractivity contribution in [1.29, 1.82) is 0 Å². The van der Waals surface area contributed by atoms with Gasteiger partial charge in [-0.1, -0.05) is 41.9 Å². The van der Waals surface area contributed by atoms with Crippen molar-refractivity contribution >= 4 is 27.3 Å². The number of rotatable bonds is 4. The number of benzene rings is 2. The van der Waals surface area contributed by atoms with E-state index in [0.29, 0.717) is 5.56 Å². The van der Waals surface area contributed by atoms with Crippen LogP contribution in [0.4, 0.5) is 17.6 Å². The second-order valence-corrected chi connectivity index (χ2v) is 11.1. The fraction of sp³-hybridized carbons (Fsp3) is 0.292. The quantitative estimate of drug-likeness (QED) is 0.438. The Morgan fingerprint density at radius 3 is 2.26 bits per heavy atom. The summed E-state index contributed by atoms with van der Waals surface area (Å²) in [5, 5.41) is 0.0535. The van der Waals surface area contributed by atoms with Crippen LogP contribution in [0.15, 0.2) is 48.5 Å². The van der Waals surface area contributed by atoms with E-state index in [9.17, 15) is 30.8 Å². The highest BCUT2D eigenvalue weighted by Gasteiger charge is 2.42. The van der Waals surface area contributed by atoms with Crippen LogP contribution in [0.5, 0.6) is 0 Å². The van der Waals surface area contributed by atoms with Gasteiger partial charge in [-0.05, 0) is 36.2 Å². The molecule has 2 heterocycles. The summed E-state index contributed by atoms with van der Waals surface area (Å²) in [5.41, 5.74) is -1.61. The fourth-order valence-electron chi connectivity index (χ4n) is 4.34. The molecule has 35 heavy (non-hydrogen) atoms. The topological polar surface area (TPSA) is 59.4 Å². The lowest BCUT2D eigenvalue weighted by molar-refractivity contribution is -0.143. The molecule has 5 nitrogen and oxygen atoms in total. The molecule has 186 valence electrons. The van der Waals surface area contributed by atoms with Gasteiger partial charge in [0, 0.05) is 35.8 Å². The minimum absolute atomic E-state index is 0.0535. The SMILES string of the molecule is Cc1c(-c2ccc(Cl)cc2F)c(C(=O)N2CCS(=O)(=O)CC2)n(Cc2ccccc2)c1C(F)(F)F. The third-order valence-corrected chi connectivity index (χ3v) is 7.84. The molecule has 1 aliphatic heterocycles.